The molecule has 96 valence electrons. The topological polar surface area (TPSA) is 27.0 Å². The van der Waals surface area contributed by atoms with Gasteiger partial charge in [0.05, 0.1) is 11.6 Å². The van der Waals surface area contributed by atoms with Gasteiger partial charge in [-0.05, 0) is 63.3 Å². The molecule has 0 radical (unpaired) electrons. The van der Waals surface area contributed by atoms with Gasteiger partial charge in [-0.25, -0.2) is 0 Å². The summed E-state index contributed by atoms with van der Waals surface area (Å²) >= 11 is 0. The third-order valence-corrected chi connectivity index (χ3v) is 4.17. The molecule has 1 aromatic rings. The van der Waals surface area contributed by atoms with Crippen molar-refractivity contribution in [1.82, 2.24) is 0 Å². The van der Waals surface area contributed by atoms with Gasteiger partial charge in [0, 0.05) is 17.8 Å². The van der Waals surface area contributed by atoms with Crippen LogP contribution in [0.3, 0.4) is 0 Å². The lowest BCUT2D eigenvalue weighted by atomic mass is 9.79. The predicted molar refractivity (Wildman–Crippen MR) is 76.0 cm³/mol. The number of fused-ring (bicyclic) bond motifs is 1. The van der Waals surface area contributed by atoms with E-state index in [9.17, 15) is 0 Å². The van der Waals surface area contributed by atoms with Crippen molar-refractivity contribution in [1.29, 1.82) is 5.26 Å². The van der Waals surface area contributed by atoms with Gasteiger partial charge < -0.3 is 4.90 Å². The number of hydrogen-bond acceptors (Lipinski definition) is 2. The Morgan fingerprint density at radius 1 is 1.44 bits per heavy atom. The van der Waals surface area contributed by atoms with E-state index in [2.05, 4.69) is 50.8 Å². The fraction of sp³-hybridized carbons (Fsp3) is 0.562. The number of benzene rings is 1. The molecule has 0 spiro atoms. The number of nitrogens with zero attached hydrogens (tertiary/aromatic N) is 2. The maximum Gasteiger partial charge on any atom is 0.0994 e. The van der Waals surface area contributed by atoms with Gasteiger partial charge in [-0.2, -0.15) is 5.26 Å². The molecular weight excluding hydrogens is 220 g/mol. The van der Waals surface area contributed by atoms with Crippen molar-refractivity contribution >= 4 is 5.69 Å². The van der Waals surface area contributed by atoms with E-state index in [4.69, 9.17) is 5.26 Å². The van der Waals surface area contributed by atoms with Crippen LogP contribution in [0.5, 0.6) is 0 Å². The predicted octanol–water partition coefficient (Wildman–Crippen LogP) is 3.98. The Morgan fingerprint density at radius 3 is 2.67 bits per heavy atom. The maximum atomic E-state index is 9.17. The molecule has 0 fully saturated rings. The van der Waals surface area contributed by atoms with Crippen molar-refractivity contribution in [3.05, 3.63) is 28.8 Å². The van der Waals surface area contributed by atoms with Crippen molar-refractivity contribution in [2.45, 2.75) is 52.5 Å². The molecule has 1 heterocycles. The summed E-state index contributed by atoms with van der Waals surface area (Å²) in [5, 5.41) is 9.17. The minimum Gasteiger partial charge on any atom is -0.366 e. The van der Waals surface area contributed by atoms with E-state index in [1.165, 1.54) is 11.3 Å². The average molecular weight is 242 g/mol. The summed E-state index contributed by atoms with van der Waals surface area (Å²) in [5.41, 5.74) is 4.74. The maximum absolute atomic E-state index is 9.17. The van der Waals surface area contributed by atoms with E-state index in [1.807, 2.05) is 6.92 Å². The molecule has 1 aliphatic heterocycles. The molecule has 0 unspecified atom stereocenters. The van der Waals surface area contributed by atoms with Gasteiger partial charge in [0.2, 0.25) is 0 Å². The quantitative estimate of drug-likeness (QED) is 0.745. The monoisotopic (exact) mass is 242 g/mol. The number of nitriles is 1. The van der Waals surface area contributed by atoms with Crippen molar-refractivity contribution in [2.24, 2.45) is 0 Å². The Hall–Kier alpha value is -1.49. The first-order valence-corrected chi connectivity index (χ1v) is 6.73. The third-order valence-electron chi connectivity index (χ3n) is 4.17. The molecule has 0 saturated heterocycles. The third kappa shape index (κ3) is 1.88. The molecule has 0 saturated carbocycles. The molecule has 18 heavy (non-hydrogen) atoms. The first-order chi connectivity index (χ1) is 8.40. The summed E-state index contributed by atoms with van der Waals surface area (Å²) in [6.45, 7) is 12.1. The van der Waals surface area contributed by atoms with Crippen LogP contribution < -0.4 is 4.90 Å². The van der Waals surface area contributed by atoms with Crippen LogP contribution in [0.2, 0.25) is 0 Å². The minimum atomic E-state index is 0.196. The van der Waals surface area contributed by atoms with Crippen LogP contribution in [0.1, 0.15) is 56.7 Å². The Morgan fingerprint density at radius 2 is 2.11 bits per heavy atom. The van der Waals surface area contributed by atoms with Gasteiger partial charge in [0.25, 0.3) is 0 Å². The second-order valence-corrected chi connectivity index (χ2v) is 6.00. The van der Waals surface area contributed by atoms with Crippen LogP contribution in [0.4, 0.5) is 5.69 Å². The van der Waals surface area contributed by atoms with Gasteiger partial charge in [-0.15, -0.1) is 0 Å². The first-order valence-electron chi connectivity index (χ1n) is 6.73. The molecular formula is C16H22N2. The van der Waals surface area contributed by atoms with Gasteiger partial charge in [0.15, 0.2) is 0 Å². The molecule has 1 aliphatic rings. The smallest absolute Gasteiger partial charge is 0.0994 e. The zero-order valence-corrected chi connectivity index (χ0v) is 12.0. The Kier molecular flexibility index (Phi) is 3.11. The van der Waals surface area contributed by atoms with Gasteiger partial charge in [0.1, 0.15) is 0 Å². The fourth-order valence-corrected chi connectivity index (χ4v) is 3.35. The first kappa shape index (κ1) is 13.0. The van der Waals surface area contributed by atoms with E-state index >= 15 is 0 Å². The minimum absolute atomic E-state index is 0.196. The van der Waals surface area contributed by atoms with Crippen LogP contribution in [0, 0.1) is 18.3 Å². The van der Waals surface area contributed by atoms with Crippen LogP contribution >= 0.6 is 0 Å². The number of aryl methyl sites for hydroxylation is 1. The van der Waals surface area contributed by atoms with Crippen molar-refractivity contribution in [2.75, 3.05) is 11.4 Å². The van der Waals surface area contributed by atoms with Crippen LogP contribution in [0.15, 0.2) is 12.1 Å². The Bertz CT molecular complexity index is 509. The summed E-state index contributed by atoms with van der Waals surface area (Å²) in [4.78, 5) is 2.47. The molecule has 1 atom stereocenters. The van der Waals surface area contributed by atoms with Crippen LogP contribution in [-0.2, 0) is 0 Å². The number of hydrogen-bond donors (Lipinski definition) is 0. The second-order valence-electron chi connectivity index (χ2n) is 6.00. The largest absolute Gasteiger partial charge is 0.366 e. The van der Waals surface area contributed by atoms with Gasteiger partial charge >= 0.3 is 0 Å². The Balaban J connectivity index is 2.63. The molecule has 2 heteroatoms. The van der Waals surface area contributed by atoms with Crippen molar-refractivity contribution in [3.63, 3.8) is 0 Å². The van der Waals surface area contributed by atoms with Crippen LogP contribution in [0.25, 0.3) is 0 Å². The molecule has 0 amide bonds. The highest BCUT2D eigenvalue weighted by Crippen LogP contribution is 2.43. The fourth-order valence-electron chi connectivity index (χ4n) is 3.35. The average Bonchev–Trinajstić information content (AvgIpc) is 2.27. The molecule has 2 nitrogen and oxygen atoms in total. The molecule has 0 aromatic heterocycles. The highest BCUT2D eigenvalue weighted by molar-refractivity contribution is 5.64. The highest BCUT2D eigenvalue weighted by atomic mass is 15.2. The molecule has 1 aromatic carbocycles. The van der Waals surface area contributed by atoms with Gasteiger partial charge in [-0.3, -0.25) is 0 Å². The summed E-state index contributed by atoms with van der Waals surface area (Å²) in [5.74, 6) is 0.519. The lowest BCUT2D eigenvalue weighted by Crippen LogP contribution is -2.48. The number of anilines is 1. The second kappa shape index (κ2) is 4.31. The molecule has 0 aliphatic carbocycles. The van der Waals surface area contributed by atoms with Crippen LogP contribution in [-0.4, -0.2) is 12.1 Å². The summed E-state index contributed by atoms with van der Waals surface area (Å²) in [7, 11) is 0. The summed E-state index contributed by atoms with van der Waals surface area (Å²) in [6, 6.07) is 6.58. The zero-order valence-electron chi connectivity index (χ0n) is 12.0. The standard InChI is InChI=1S/C16H22N2/c1-6-18-15-7-11(2)13(10-17)8-14(15)12(3)9-16(18,4)5/h7-8,12H,6,9H2,1-5H3/t12-/m0/s1. The SMILES string of the molecule is CCN1c2cc(C)c(C#N)cc2[C@@H](C)CC1(C)C. The molecule has 0 N–H and O–H groups in total. The molecule has 0 bridgehead atoms. The lowest BCUT2D eigenvalue weighted by Gasteiger charge is -2.47. The van der Waals surface area contributed by atoms with Crippen molar-refractivity contribution < 1.29 is 0 Å². The highest BCUT2D eigenvalue weighted by Gasteiger charge is 2.35. The summed E-state index contributed by atoms with van der Waals surface area (Å²) in [6.07, 6.45) is 1.14. The zero-order chi connectivity index (χ0) is 13.5. The lowest BCUT2D eigenvalue weighted by molar-refractivity contribution is 0.381. The number of rotatable bonds is 1. The molecule has 2 rings (SSSR count). The van der Waals surface area contributed by atoms with Crippen molar-refractivity contribution in [3.8, 4) is 6.07 Å². The van der Waals surface area contributed by atoms with E-state index in [1.54, 1.807) is 0 Å². The van der Waals surface area contributed by atoms with E-state index in [0.29, 0.717) is 5.92 Å². The van der Waals surface area contributed by atoms with E-state index < -0.39 is 0 Å². The van der Waals surface area contributed by atoms with E-state index in [-0.39, 0.29) is 5.54 Å². The van der Waals surface area contributed by atoms with E-state index in [0.717, 1.165) is 24.1 Å². The Labute approximate surface area is 110 Å². The summed E-state index contributed by atoms with van der Waals surface area (Å²) < 4.78 is 0. The normalized spacial score (nSPS) is 21.3. The van der Waals surface area contributed by atoms with Gasteiger partial charge in [-0.1, -0.05) is 6.92 Å².